The van der Waals surface area contributed by atoms with Gasteiger partial charge in [0.1, 0.15) is 17.0 Å². The second-order valence-corrected chi connectivity index (χ2v) is 7.50. The van der Waals surface area contributed by atoms with Gasteiger partial charge in [-0.05, 0) is 33.3 Å². The SMILES string of the molecule is Cc1sc2ncnc(N3CCN(C[C@@H](C)O)[C@@H](C)C3)c2c1C. The fourth-order valence-corrected chi connectivity index (χ4v) is 4.19. The van der Waals surface area contributed by atoms with Gasteiger partial charge in [-0.2, -0.15) is 0 Å². The van der Waals surface area contributed by atoms with Crippen LogP contribution < -0.4 is 4.90 Å². The second kappa shape index (κ2) is 6.10. The molecule has 3 rings (SSSR count). The predicted molar refractivity (Wildman–Crippen MR) is 91.8 cm³/mol. The molecule has 1 aliphatic rings. The lowest BCUT2D eigenvalue weighted by Crippen LogP contribution is -2.53. The number of thiophene rings is 1. The number of aromatic nitrogens is 2. The molecule has 2 aromatic rings. The maximum atomic E-state index is 9.61. The zero-order valence-electron chi connectivity index (χ0n) is 13.7. The molecule has 1 aliphatic heterocycles. The van der Waals surface area contributed by atoms with Gasteiger partial charge >= 0.3 is 0 Å². The lowest BCUT2D eigenvalue weighted by Gasteiger charge is -2.41. The average Bonchev–Trinajstić information content (AvgIpc) is 2.76. The largest absolute Gasteiger partial charge is 0.392 e. The van der Waals surface area contributed by atoms with Crippen LogP contribution in [0, 0.1) is 13.8 Å². The summed E-state index contributed by atoms with van der Waals surface area (Å²) in [5.74, 6) is 1.07. The summed E-state index contributed by atoms with van der Waals surface area (Å²) in [5, 5.41) is 10.8. The molecule has 1 saturated heterocycles. The van der Waals surface area contributed by atoms with E-state index in [-0.39, 0.29) is 6.10 Å². The highest BCUT2D eigenvalue weighted by atomic mass is 32.1. The summed E-state index contributed by atoms with van der Waals surface area (Å²) in [4.78, 5) is 16.1. The number of hydrogen-bond donors (Lipinski definition) is 1. The molecule has 5 nitrogen and oxygen atoms in total. The van der Waals surface area contributed by atoms with E-state index in [0.29, 0.717) is 6.04 Å². The molecule has 0 saturated carbocycles. The number of rotatable bonds is 3. The number of hydrogen-bond acceptors (Lipinski definition) is 6. The first-order chi connectivity index (χ1) is 10.5. The van der Waals surface area contributed by atoms with Crippen LogP contribution in [0.4, 0.5) is 5.82 Å². The lowest BCUT2D eigenvalue weighted by molar-refractivity contribution is 0.0959. The normalized spacial score (nSPS) is 21.5. The van der Waals surface area contributed by atoms with E-state index < -0.39 is 0 Å². The van der Waals surface area contributed by atoms with E-state index >= 15 is 0 Å². The monoisotopic (exact) mass is 320 g/mol. The molecule has 2 atom stereocenters. The van der Waals surface area contributed by atoms with Crippen molar-refractivity contribution in [3.63, 3.8) is 0 Å². The van der Waals surface area contributed by atoms with Gasteiger partial charge in [0.25, 0.3) is 0 Å². The molecule has 2 aromatic heterocycles. The van der Waals surface area contributed by atoms with Crippen LogP contribution in [0.2, 0.25) is 0 Å². The number of aliphatic hydroxyl groups is 1. The molecule has 0 amide bonds. The molecule has 0 aliphatic carbocycles. The summed E-state index contributed by atoms with van der Waals surface area (Å²) in [6.45, 7) is 12.0. The van der Waals surface area contributed by atoms with Crippen LogP contribution in [-0.4, -0.2) is 58.3 Å². The zero-order chi connectivity index (χ0) is 15.9. The molecule has 0 bridgehead atoms. The minimum Gasteiger partial charge on any atom is -0.392 e. The van der Waals surface area contributed by atoms with Gasteiger partial charge in [0.2, 0.25) is 0 Å². The Hall–Kier alpha value is -1.24. The van der Waals surface area contributed by atoms with Crippen LogP contribution in [0.3, 0.4) is 0 Å². The van der Waals surface area contributed by atoms with E-state index in [1.807, 2.05) is 6.92 Å². The number of aryl methyl sites for hydroxylation is 2. The Labute approximate surface area is 135 Å². The van der Waals surface area contributed by atoms with E-state index in [2.05, 4.69) is 40.5 Å². The number of fused-ring (bicyclic) bond motifs is 1. The molecule has 0 radical (unpaired) electrons. The summed E-state index contributed by atoms with van der Waals surface area (Å²) in [6.07, 6.45) is 1.40. The predicted octanol–water partition coefficient (Wildman–Crippen LogP) is 2.20. The minimum atomic E-state index is -0.276. The lowest BCUT2D eigenvalue weighted by atomic mass is 10.1. The highest BCUT2D eigenvalue weighted by molar-refractivity contribution is 7.18. The number of anilines is 1. The van der Waals surface area contributed by atoms with Gasteiger partial charge in [-0.1, -0.05) is 0 Å². The Kier molecular flexibility index (Phi) is 4.34. The zero-order valence-corrected chi connectivity index (χ0v) is 14.5. The standard InChI is InChI=1S/C16H24N4OS/c1-10-7-20(6-5-19(10)8-11(2)21)15-14-12(3)13(4)22-16(14)18-9-17-15/h9-11,21H,5-8H2,1-4H3/t10-,11+/m0/s1. The fourth-order valence-electron chi connectivity index (χ4n) is 3.20. The van der Waals surface area contributed by atoms with Gasteiger partial charge in [0.05, 0.1) is 11.5 Å². The van der Waals surface area contributed by atoms with Crippen molar-refractivity contribution in [2.45, 2.75) is 39.8 Å². The van der Waals surface area contributed by atoms with Gasteiger partial charge in [-0.3, -0.25) is 4.90 Å². The van der Waals surface area contributed by atoms with E-state index in [1.54, 1.807) is 17.7 Å². The van der Waals surface area contributed by atoms with Crippen molar-refractivity contribution in [1.82, 2.24) is 14.9 Å². The molecule has 1 N–H and O–H groups in total. The van der Waals surface area contributed by atoms with Crippen LogP contribution in [0.1, 0.15) is 24.3 Å². The maximum absolute atomic E-state index is 9.61. The second-order valence-electron chi connectivity index (χ2n) is 6.30. The van der Waals surface area contributed by atoms with E-state index in [4.69, 9.17) is 0 Å². The van der Waals surface area contributed by atoms with Crippen LogP contribution in [0.5, 0.6) is 0 Å². The molecular weight excluding hydrogens is 296 g/mol. The quantitative estimate of drug-likeness (QED) is 0.939. The molecule has 120 valence electrons. The van der Waals surface area contributed by atoms with Gasteiger partial charge in [0.15, 0.2) is 0 Å². The van der Waals surface area contributed by atoms with Crippen molar-refractivity contribution in [3.05, 3.63) is 16.8 Å². The Morgan fingerprint density at radius 2 is 2.14 bits per heavy atom. The van der Waals surface area contributed by atoms with Gasteiger partial charge < -0.3 is 10.0 Å². The summed E-state index contributed by atoms with van der Waals surface area (Å²) in [6, 6.07) is 0.411. The third kappa shape index (κ3) is 2.83. The third-order valence-electron chi connectivity index (χ3n) is 4.51. The summed E-state index contributed by atoms with van der Waals surface area (Å²) < 4.78 is 0. The fraction of sp³-hybridized carbons (Fsp3) is 0.625. The first-order valence-electron chi connectivity index (χ1n) is 7.85. The highest BCUT2D eigenvalue weighted by Gasteiger charge is 2.27. The average molecular weight is 320 g/mol. The number of β-amino-alcohol motifs (C(OH)–C–C–N with tert-alkyl or cyclic N) is 1. The molecule has 3 heterocycles. The van der Waals surface area contributed by atoms with E-state index in [1.165, 1.54) is 15.8 Å². The summed E-state index contributed by atoms with van der Waals surface area (Å²) in [5.41, 5.74) is 1.30. The number of aliphatic hydroxyl groups excluding tert-OH is 1. The summed E-state index contributed by atoms with van der Waals surface area (Å²) >= 11 is 1.75. The Balaban J connectivity index is 1.87. The molecular formula is C16H24N4OS. The van der Waals surface area contributed by atoms with Crippen LogP contribution >= 0.6 is 11.3 Å². The van der Waals surface area contributed by atoms with Gasteiger partial charge in [0, 0.05) is 37.1 Å². The van der Waals surface area contributed by atoms with Crippen LogP contribution in [0.25, 0.3) is 10.2 Å². The van der Waals surface area contributed by atoms with Crippen LogP contribution in [0.15, 0.2) is 6.33 Å². The van der Waals surface area contributed by atoms with Crippen LogP contribution in [-0.2, 0) is 0 Å². The molecule has 22 heavy (non-hydrogen) atoms. The van der Waals surface area contributed by atoms with Crippen molar-refractivity contribution < 1.29 is 5.11 Å². The maximum Gasteiger partial charge on any atom is 0.141 e. The third-order valence-corrected chi connectivity index (χ3v) is 5.62. The highest BCUT2D eigenvalue weighted by Crippen LogP contribution is 2.34. The van der Waals surface area contributed by atoms with E-state index in [0.717, 1.165) is 36.8 Å². The Morgan fingerprint density at radius 3 is 2.82 bits per heavy atom. The molecule has 0 aromatic carbocycles. The van der Waals surface area contributed by atoms with Crippen molar-refractivity contribution in [1.29, 1.82) is 0 Å². The first-order valence-corrected chi connectivity index (χ1v) is 8.66. The van der Waals surface area contributed by atoms with Crippen molar-refractivity contribution >= 4 is 27.4 Å². The molecule has 0 unspecified atom stereocenters. The first kappa shape index (κ1) is 15.6. The number of piperazine rings is 1. The summed E-state index contributed by atoms with van der Waals surface area (Å²) in [7, 11) is 0. The Morgan fingerprint density at radius 1 is 1.36 bits per heavy atom. The van der Waals surface area contributed by atoms with Crippen molar-refractivity contribution in [2.24, 2.45) is 0 Å². The van der Waals surface area contributed by atoms with Gasteiger partial charge in [-0.15, -0.1) is 11.3 Å². The number of nitrogens with zero attached hydrogens (tertiary/aromatic N) is 4. The van der Waals surface area contributed by atoms with E-state index in [9.17, 15) is 5.11 Å². The Bertz CT molecular complexity index is 669. The topological polar surface area (TPSA) is 52.5 Å². The molecule has 0 spiro atoms. The smallest absolute Gasteiger partial charge is 0.141 e. The van der Waals surface area contributed by atoms with Crippen molar-refractivity contribution in [2.75, 3.05) is 31.1 Å². The molecule has 6 heteroatoms. The van der Waals surface area contributed by atoms with Crippen molar-refractivity contribution in [3.8, 4) is 0 Å². The molecule has 1 fully saturated rings. The van der Waals surface area contributed by atoms with Gasteiger partial charge in [-0.25, -0.2) is 9.97 Å². The minimum absolute atomic E-state index is 0.276.